The van der Waals surface area contributed by atoms with Crippen LogP contribution in [0.4, 0.5) is 4.39 Å². The van der Waals surface area contributed by atoms with Crippen molar-refractivity contribution in [3.63, 3.8) is 0 Å². The molecule has 0 amide bonds. The highest BCUT2D eigenvalue weighted by molar-refractivity contribution is 5.79. The molecule has 4 heteroatoms. The number of hydrogen-bond acceptors (Lipinski definition) is 3. The van der Waals surface area contributed by atoms with Gasteiger partial charge < -0.3 is 9.84 Å². The van der Waals surface area contributed by atoms with Gasteiger partial charge in [-0.15, -0.1) is 0 Å². The molecule has 0 fully saturated rings. The molecule has 1 aromatic rings. The van der Waals surface area contributed by atoms with Crippen molar-refractivity contribution in [1.29, 1.82) is 0 Å². The zero-order chi connectivity index (χ0) is 11.3. The number of aldehydes is 1. The highest BCUT2D eigenvalue weighted by Crippen LogP contribution is 2.28. The number of hydrogen-bond donors (Lipinski definition) is 1. The van der Waals surface area contributed by atoms with Gasteiger partial charge in [-0.05, 0) is 18.6 Å². The molecule has 0 aliphatic heterocycles. The van der Waals surface area contributed by atoms with Gasteiger partial charge in [0.2, 0.25) is 5.82 Å². The molecule has 1 N–H and O–H groups in total. The second-order valence-corrected chi connectivity index (χ2v) is 3.14. The van der Waals surface area contributed by atoms with E-state index in [0.29, 0.717) is 12.9 Å². The molecule has 0 aromatic heterocycles. The van der Waals surface area contributed by atoms with Crippen LogP contribution in [0.3, 0.4) is 0 Å². The van der Waals surface area contributed by atoms with Crippen LogP contribution >= 0.6 is 0 Å². The molecule has 0 aliphatic carbocycles. The molecule has 0 aliphatic rings. The molecular weight excluding hydrogens is 199 g/mol. The summed E-state index contributed by atoms with van der Waals surface area (Å²) in [6.45, 7) is 2.39. The van der Waals surface area contributed by atoms with Crippen molar-refractivity contribution in [2.24, 2.45) is 0 Å². The van der Waals surface area contributed by atoms with E-state index in [-0.39, 0.29) is 11.3 Å². The van der Waals surface area contributed by atoms with Crippen molar-refractivity contribution in [2.75, 3.05) is 6.61 Å². The highest BCUT2D eigenvalue weighted by Gasteiger charge is 2.12. The molecule has 0 saturated heterocycles. The van der Waals surface area contributed by atoms with Crippen molar-refractivity contribution in [3.05, 3.63) is 23.5 Å². The lowest BCUT2D eigenvalue weighted by Crippen LogP contribution is -1.99. The number of phenols is 1. The zero-order valence-corrected chi connectivity index (χ0v) is 8.50. The van der Waals surface area contributed by atoms with Gasteiger partial charge in [-0.2, -0.15) is 4.39 Å². The minimum absolute atomic E-state index is 0.0217. The summed E-state index contributed by atoms with van der Waals surface area (Å²) in [5.74, 6) is -1.55. The van der Waals surface area contributed by atoms with Gasteiger partial charge >= 0.3 is 0 Å². The summed E-state index contributed by atoms with van der Waals surface area (Å²) in [7, 11) is 0. The fraction of sp³-hybridized carbons (Fsp3) is 0.364. The fourth-order valence-electron chi connectivity index (χ4n) is 1.09. The normalized spacial score (nSPS) is 10.0. The molecule has 0 heterocycles. The number of rotatable bonds is 5. The molecular formula is C11H13FO3. The van der Waals surface area contributed by atoms with Crippen molar-refractivity contribution in [2.45, 2.75) is 19.8 Å². The second kappa shape index (κ2) is 5.34. The van der Waals surface area contributed by atoms with Crippen molar-refractivity contribution < 1.29 is 19.0 Å². The minimum atomic E-state index is -0.879. The van der Waals surface area contributed by atoms with Crippen molar-refractivity contribution in [1.82, 2.24) is 0 Å². The Balaban J connectivity index is 2.82. The molecule has 15 heavy (non-hydrogen) atoms. The van der Waals surface area contributed by atoms with E-state index in [1.54, 1.807) is 0 Å². The number of halogens is 1. The van der Waals surface area contributed by atoms with Crippen LogP contribution in [0.1, 0.15) is 30.1 Å². The van der Waals surface area contributed by atoms with Gasteiger partial charge in [0.05, 0.1) is 12.2 Å². The van der Waals surface area contributed by atoms with Crippen LogP contribution in [0, 0.1) is 5.82 Å². The summed E-state index contributed by atoms with van der Waals surface area (Å²) < 4.78 is 18.4. The maximum absolute atomic E-state index is 13.3. The van der Waals surface area contributed by atoms with E-state index in [2.05, 4.69) is 0 Å². The molecule has 1 aromatic carbocycles. The van der Waals surface area contributed by atoms with E-state index in [0.717, 1.165) is 12.8 Å². The Morgan fingerprint density at radius 1 is 1.53 bits per heavy atom. The van der Waals surface area contributed by atoms with Gasteiger partial charge in [-0.1, -0.05) is 13.3 Å². The van der Waals surface area contributed by atoms with Gasteiger partial charge in [0.15, 0.2) is 17.8 Å². The number of carbonyl (C=O) groups excluding carboxylic acids is 1. The fourth-order valence-corrected chi connectivity index (χ4v) is 1.09. The molecule has 0 saturated carbocycles. The van der Waals surface area contributed by atoms with E-state index in [1.807, 2.05) is 6.92 Å². The average Bonchev–Trinajstić information content (AvgIpc) is 2.25. The second-order valence-electron chi connectivity index (χ2n) is 3.14. The van der Waals surface area contributed by atoms with Gasteiger partial charge in [0, 0.05) is 0 Å². The quantitative estimate of drug-likeness (QED) is 0.602. The monoisotopic (exact) mass is 212 g/mol. The van der Waals surface area contributed by atoms with Crippen LogP contribution in [0.2, 0.25) is 0 Å². The SMILES string of the molecule is CCCCOc1ccc(C=O)c(O)c1F. The predicted octanol–water partition coefficient (Wildman–Crippen LogP) is 2.52. The summed E-state index contributed by atoms with van der Waals surface area (Å²) in [6, 6.07) is 2.67. The van der Waals surface area contributed by atoms with Crippen LogP contribution in [-0.4, -0.2) is 18.0 Å². The summed E-state index contributed by atoms with van der Waals surface area (Å²) in [6.07, 6.45) is 2.16. The average molecular weight is 212 g/mol. The Labute approximate surface area is 87.5 Å². The standard InChI is InChI=1S/C11H13FO3/c1-2-3-6-15-9-5-4-8(7-13)11(14)10(9)12/h4-5,7,14H,2-3,6H2,1H3. The van der Waals surface area contributed by atoms with Gasteiger partial charge in [0.1, 0.15) is 0 Å². The molecule has 82 valence electrons. The molecule has 0 atom stereocenters. The Morgan fingerprint density at radius 3 is 2.87 bits per heavy atom. The Bertz CT molecular complexity index is 350. The number of ether oxygens (including phenoxy) is 1. The van der Waals surface area contributed by atoms with Crippen LogP contribution in [-0.2, 0) is 0 Å². The van der Waals surface area contributed by atoms with Gasteiger partial charge in [-0.25, -0.2) is 0 Å². The first kappa shape index (κ1) is 11.5. The predicted molar refractivity (Wildman–Crippen MR) is 53.9 cm³/mol. The van der Waals surface area contributed by atoms with Crippen LogP contribution < -0.4 is 4.74 Å². The van der Waals surface area contributed by atoms with Crippen molar-refractivity contribution >= 4 is 6.29 Å². The third-order valence-electron chi connectivity index (χ3n) is 1.99. The summed E-state index contributed by atoms with van der Waals surface area (Å²) in [4.78, 5) is 10.4. The smallest absolute Gasteiger partial charge is 0.207 e. The van der Waals surface area contributed by atoms with E-state index >= 15 is 0 Å². The van der Waals surface area contributed by atoms with Crippen LogP contribution in [0.25, 0.3) is 0 Å². The third kappa shape index (κ3) is 2.68. The Morgan fingerprint density at radius 2 is 2.27 bits per heavy atom. The Kier molecular flexibility index (Phi) is 4.09. The van der Waals surface area contributed by atoms with E-state index in [9.17, 15) is 14.3 Å². The first-order valence-corrected chi connectivity index (χ1v) is 4.80. The van der Waals surface area contributed by atoms with Gasteiger partial charge in [-0.3, -0.25) is 4.79 Å². The summed E-state index contributed by atoms with van der Waals surface area (Å²) in [5, 5.41) is 9.25. The molecule has 0 bridgehead atoms. The lowest BCUT2D eigenvalue weighted by atomic mass is 10.2. The number of carbonyl (C=O) groups is 1. The number of phenolic OH excluding ortho intramolecular Hbond substituents is 1. The minimum Gasteiger partial charge on any atom is -0.504 e. The van der Waals surface area contributed by atoms with Crippen LogP contribution in [0.15, 0.2) is 12.1 Å². The largest absolute Gasteiger partial charge is 0.504 e. The third-order valence-corrected chi connectivity index (χ3v) is 1.99. The molecule has 0 radical (unpaired) electrons. The maximum atomic E-state index is 13.3. The molecule has 0 unspecified atom stereocenters. The number of aromatic hydroxyl groups is 1. The lowest BCUT2D eigenvalue weighted by Gasteiger charge is -2.08. The van der Waals surface area contributed by atoms with E-state index in [1.165, 1.54) is 12.1 Å². The molecule has 1 rings (SSSR count). The molecule has 0 spiro atoms. The van der Waals surface area contributed by atoms with Crippen LogP contribution in [0.5, 0.6) is 11.5 Å². The highest BCUT2D eigenvalue weighted by atomic mass is 19.1. The number of unbranched alkanes of at least 4 members (excludes halogenated alkanes) is 1. The van der Waals surface area contributed by atoms with E-state index in [4.69, 9.17) is 4.74 Å². The number of benzene rings is 1. The Hall–Kier alpha value is -1.58. The summed E-state index contributed by atoms with van der Waals surface area (Å²) >= 11 is 0. The van der Waals surface area contributed by atoms with E-state index < -0.39 is 11.6 Å². The first-order valence-electron chi connectivity index (χ1n) is 4.80. The zero-order valence-electron chi connectivity index (χ0n) is 8.50. The maximum Gasteiger partial charge on any atom is 0.207 e. The first-order chi connectivity index (χ1) is 7.20. The van der Waals surface area contributed by atoms with Crippen molar-refractivity contribution in [3.8, 4) is 11.5 Å². The topological polar surface area (TPSA) is 46.5 Å². The summed E-state index contributed by atoms with van der Waals surface area (Å²) in [5.41, 5.74) is -0.0738. The molecule has 3 nitrogen and oxygen atoms in total. The van der Waals surface area contributed by atoms with Gasteiger partial charge in [0.25, 0.3) is 0 Å². The lowest BCUT2D eigenvalue weighted by molar-refractivity contribution is 0.112.